The summed E-state index contributed by atoms with van der Waals surface area (Å²) in [5, 5.41) is 0. The van der Waals surface area contributed by atoms with Crippen molar-refractivity contribution in [3.8, 4) is 5.75 Å². The molecule has 3 nitrogen and oxygen atoms in total. The second-order valence-corrected chi connectivity index (χ2v) is 3.61. The van der Waals surface area contributed by atoms with Gasteiger partial charge in [-0.3, -0.25) is 0 Å². The first-order valence-electron chi connectivity index (χ1n) is 5.10. The molecule has 0 atom stereocenters. The van der Waals surface area contributed by atoms with Crippen LogP contribution < -0.4 is 4.74 Å². The molecule has 0 aromatic heterocycles. The zero-order chi connectivity index (χ0) is 12.1. The average molecular weight is 220 g/mol. The summed E-state index contributed by atoms with van der Waals surface area (Å²) in [6, 6.07) is 5.14. The van der Waals surface area contributed by atoms with Crippen molar-refractivity contribution in [1.29, 1.82) is 0 Å². The van der Waals surface area contributed by atoms with E-state index in [4.69, 9.17) is 4.74 Å². The standard InChI is InChI=1S/C13H16O3/c1-5-10-8-11(13(14)15-4)6-7-12(10)16-9(2)3/h5-9H,1H2,2-4H3. The second kappa shape index (κ2) is 5.35. The minimum Gasteiger partial charge on any atom is -0.490 e. The molecule has 1 rings (SSSR count). The molecule has 1 aromatic carbocycles. The number of benzene rings is 1. The highest BCUT2D eigenvalue weighted by atomic mass is 16.5. The molecule has 0 spiro atoms. The molecular weight excluding hydrogens is 204 g/mol. The lowest BCUT2D eigenvalue weighted by molar-refractivity contribution is 0.0600. The Morgan fingerprint density at radius 1 is 1.44 bits per heavy atom. The van der Waals surface area contributed by atoms with E-state index in [1.807, 2.05) is 13.8 Å². The molecule has 0 fully saturated rings. The highest BCUT2D eigenvalue weighted by Gasteiger charge is 2.09. The van der Waals surface area contributed by atoms with Gasteiger partial charge >= 0.3 is 5.97 Å². The van der Waals surface area contributed by atoms with Gasteiger partial charge in [-0.05, 0) is 32.0 Å². The molecule has 16 heavy (non-hydrogen) atoms. The van der Waals surface area contributed by atoms with Crippen LogP contribution in [0.15, 0.2) is 24.8 Å². The summed E-state index contributed by atoms with van der Waals surface area (Å²) in [7, 11) is 1.36. The summed E-state index contributed by atoms with van der Waals surface area (Å²) >= 11 is 0. The van der Waals surface area contributed by atoms with E-state index >= 15 is 0 Å². The molecule has 0 saturated carbocycles. The summed E-state index contributed by atoms with van der Waals surface area (Å²) in [6.07, 6.45) is 1.74. The Hall–Kier alpha value is -1.77. The molecule has 0 bridgehead atoms. The van der Waals surface area contributed by atoms with Gasteiger partial charge in [0, 0.05) is 5.56 Å². The number of carbonyl (C=O) groups is 1. The van der Waals surface area contributed by atoms with Gasteiger partial charge in [0.15, 0.2) is 0 Å². The van der Waals surface area contributed by atoms with Crippen molar-refractivity contribution in [3.63, 3.8) is 0 Å². The van der Waals surface area contributed by atoms with Crippen molar-refractivity contribution in [1.82, 2.24) is 0 Å². The van der Waals surface area contributed by atoms with Gasteiger partial charge in [-0.25, -0.2) is 4.79 Å². The summed E-state index contributed by atoms with van der Waals surface area (Å²) in [4.78, 5) is 11.3. The van der Waals surface area contributed by atoms with E-state index in [0.29, 0.717) is 5.56 Å². The topological polar surface area (TPSA) is 35.5 Å². The number of esters is 1. The Balaban J connectivity index is 3.06. The van der Waals surface area contributed by atoms with Gasteiger partial charge in [0.2, 0.25) is 0 Å². The first-order valence-corrected chi connectivity index (χ1v) is 5.10. The van der Waals surface area contributed by atoms with Crippen LogP contribution in [0.3, 0.4) is 0 Å². The van der Waals surface area contributed by atoms with Crippen molar-refractivity contribution in [3.05, 3.63) is 35.9 Å². The number of rotatable bonds is 4. The summed E-state index contributed by atoms with van der Waals surface area (Å²) in [5.41, 5.74) is 1.28. The molecule has 86 valence electrons. The molecule has 0 N–H and O–H groups in total. The number of hydrogen-bond donors (Lipinski definition) is 0. The van der Waals surface area contributed by atoms with E-state index in [2.05, 4.69) is 11.3 Å². The minimum absolute atomic E-state index is 0.0858. The third-order valence-electron chi connectivity index (χ3n) is 2.01. The molecule has 0 aliphatic rings. The Morgan fingerprint density at radius 2 is 2.12 bits per heavy atom. The predicted molar refractivity (Wildman–Crippen MR) is 63.6 cm³/mol. The van der Waals surface area contributed by atoms with E-state index in [9.17, 15) is 4.79 Å². The van der Waals surface area contributed by atoms with Crippen LogP contribution in [0.4, 0.5) is 0 Å². The van der Waals surface area contributed by atoms with Crippen LogP contribution in [0.1, 0.15) is 29.8 Å². The fourth-order valence-corrected chi connectivity index (χ4v) is 1.31. The van der Waals surface area contributed by atoms with E-state index in [1.165, 1.54) is 7.11 Å². The number of ether oxygens (including phenoxy) is 2. The third-order valence-corrected chi connectivity index (χ3v) is 2.01. The van der Waals surface area contributed by atoms with Crippen molar-refractivity contribution < 1.29 is 14.3 Å². The number of carbonyl (C=O) groups excluding carboxylic acids is 1. The van der Waals surface area contributed by atoms with E-state index in [1.54, 1.807) is 24.3 Å². The fourth-order valence-electron chi connectivity index (χ4n) is 1.31. The smallest absolute Gasteiger partial charge is 0.337 e. The van der Waals surface area contributed by atoms with Crippen molar-refractivity contribution in [2.75, 3.05) is 7.11 Å². The fraction of sp³-hybridized carbons (Fsp3) is 0.308. The van der Waals surface area contributed by atoms with E-state index in [0.717, 1.165) is 11.3 Å². The quantitative estimate of drug-likeness (QED) is 0.732. The van der Waals surface area contributed by atoms with Crippen LogP contribution in [-0.2, 0) is 4.74 Å². The first-order chi connectivity index (χ1) is 7.58. The zero-order valence-electron chi connectivity index (χ0n) is 9.82. The third kappa shape index (κ3) is 2.86. The molecular formula is C13H16O3. The molecule has 0 amide bonds. The maximum atomic E-state index is 11.3. The molecule has 0 unspecified atom stereocenters. The lowest BCUT2D eigenvalue weighted by Crippen LogP contribution is -2.08. The Morgan fingerprint density at radius 3 is 2.62 bits per heavy atom. The first kappa shape index (κ1) is 12.3. The summed E-state index contributed by atoms with van der Waals surface area (Å²) in [6.45, 7) is 7.58. The molecule has 1 aromatic rings. The van der Waals surface area contributed by atoms with Crippen LogP contribution in [0.25, 0.3) is 6.08 Å². The van der Waals surface area contributed by atoms with Crippen LogP contribution in [0, 0.1) is 0 Å². The lowest BCUT2D eigenvalue weighted by atomic mass is 10.1. The Labute approximate surface area is 95.7 Å². The Bertz CT molecular complexity index is 394. The molecule has 0 radical (unpaired) electrons. The van der Waals surface area contributed by atoms with Gasteiger partial charge in [-0.2, -0.15) is 0 Å². The molecule has 0 aliphatic carbocycles. The molecule has 0 saturated heterocycles. The maximum absolute atomic E-state index is 11.3. The second-order valence-electron chi connectivity index (χ2n) is 3.61. The monoisotopic (exact) mass is 220 g/mol. The molecule has 0 heterocycles. The van der Waals surface area contributed by atoms with Gasteiger partial charge in [0.1, 0.15) is 5.75 Å². The van der Waals surface area contributed by atoms with Crippen LogP contribution in [-0.4, -0.2) is 19.2 Å². The van der Waals surface area contributed by atoms with Gasteiger partial charge in [-0.15, -0.1) is 0 Å². The van der Waals surface area contributed by atoms with Gasteiger partial charge in [0.05, 0.1) is 18.8 Å². The number of hydrogen-bond acceptors (Lipinski definition) is 3. The molecule has 0 aliphatic heterocycles. The number of methoxy groups -OCH3 is 1. The van der Waals surface area contributed by atoms with Crippen molar-refractivity contribution >= 4 is 12.0 Å². The molecule has 3 heteroatoms. The van der Waals surface area contributed by atoms with Gasteiger partial charge in [-0.1, -0.05) is 12.7 Å². The average Bonchev–Trinajstić information content (AvgIpc) is 2.27. The highest BCUT2D eigenvalue weighted by molar-refractivity contribution is 5.90. The van der Waals surface area contributed by atoms with Gasteiger partial charge in [0.25, 0.3) is 0 Å². The highest BCUT2D eigenvalue weighted by Crippen LogP contribution is 2.22. The minimum atomic E-state index is -0.362. The van der Waals surface area contributed by atoms with E-state index in [-0.39, 0.29) is 12.1 Å². The summed E-state index contributed by atoms with van der Waals surface area (Å²) < 4.78 is 10.2. The maximum Gasteiger partial charge on any atom is 0.337 e. The van der Waals surface area contributed by atoms with Crippen molar-refractivity contribution in [2.24, 2.45) is 0 Å². The largest absolute Gasteiger partial charge is 0.490 e. The predicted octanol–water partition coefficient (Wildman–Crippen LogP) is 2.90. The zero-order valence-corrected chi connectivity index (χ0v) is 9.82. The summed E-state index contributed by atoms with van der Waals surface area (Å²) in [5.74, 6) is 0.358. The van der Waals surface area contributed by atoms with E-state index < -0.39 is 0 Å². The lowest BCUT2D eigenvalue weighted by Gasteiger charge is -2.13. The van der Waals surface area contributed by atoms with Crippen molar-refractivity contribution in [2.45, 2.75) is 20.0 Å². The van der Waals surface area contributed by atoms with Gasteiger partial charge < -0.3 is 9.47 Å². The SMILES string of the molecule is C=Cc1cc(C(=O)OC)ccc1OC(C)C. The van der Waals surface area contributed by atoms with Crippen LogP contribution in [0.5, 0.6) is 5.75 Å². The Kier molecular flexibility index (Phi) is 4.11. The normalized spacial score (nSPS) is 10.0. The van der Waals surface area contributed by atoms with Crippen LogP contribution in [0.2, 0.25) is 0 Å². The van der Waals surface area contributed by atoms with Crippen LogP contribution >= 0.6 is 0 Å².